The molecule has 0 atom stereocenters. The van der Waals surface area contributed by atoms with Crippen molar-refractivity contribution in [2.45, 2.75) is 19.8 Å². The third-order valence-electron chi connectivity index (χ3n) is 2.71. The third-order valence-corrected chi connectivity index (χ3v) is 2.71. The van der Waals surface area contributed by atoms with Gasteiger partial charge in [-0.05, 0) is 36.6 Å². The summed E-state index contributed by atoms with van der Waals surface area (Å²) >= 11 is 0. The van der Waals surface area contributed by atoms with Gasteiger partial charge in [-0.2, -0.15) is 0 Å². The van der Waals surface area contributed by atoms with Gasteiger partial charge in [0.15, 0.2) is 0 Å². The summed E-state index contributed by atoms with van der Waals surface area (Å²) in [7, 11) is 0. The van der Waals surface area contributed by atoms with Gasteiger partial charge in [-0.15, -0.1) is 0 Å². The van der Waals surface area contributed by atoms with Crippen LogP contribution in [-0.4, -0.2) is 17.0 Å². The van der Waals surface area contributed by atoms with Gasteiger partial charge in [0, 0.05) is 12.1 Å². The van der Waals surface area contributed by atoms with Crippen molar-refractivity contribution in [3.63, 3.8) is 0 Å². The number of benzene rings is 1. The second-order valence-electron chi connectivity index (χ2n) is 3.62. The summed E-state index contributed by atoms with van der Waals surface area (Å²) in [6.07, 6.45) is 1.05. The molecule has 2 N–H and O–H groups in total. The summed E-state index contributed by atoms with van der Waals surface area (Å²) in [5, 5.41) is 11.7. The molecule has 4 nitrogen and oxygen atoms in total. The molecule has 0 spiro atoms. The summed E-state index contributed by atoms with van der Waals surface area (Å²) in [5.41, 5.74) is 2.74. The van der Waals surface area contributed by atoms with E-state index in [0.29, 0.717) is 18.4 Å². The van der Waals surface area contributed by atoms with Gasteiger partial charge >= 0.3 is 5.97 Å². The summed E-state index contributed by atoms with van der Waals surface area (Å²) < 4.78 is 0. The number of anilines is 1. The fraction of sp³-hybridized carbons (Fsp3) is 0.273. The van der Waals surface area contributed by atoms with Crippen LogP contribution in [0.15, 0.2) is 12.1 Å². The number of aromatic carboxylic acids is 1. The van der Waals surface area contributed by atoms with Crippen LogP contribution in [-0.2, 0) is 11.2 Å². The number of amides is 1. The number of hydrogen-bond donors (Lipinski definition) is 2. The van der Waals surface area contributed by atoms with Crippen molar-refractivity contribution in [2.24, 2.45) is 0 Å². The van der Waals surface area contributed by atoms with Crippen LogP contribution >= 0.6 is 0 Å². The number of carbonyl (C=O) groups is 2. The van der Waals surface area contributed by atoms with E-state index in [0.717, 1.165) is 16.8 Å². The standard InChI is InChI=1S/C11H11NO3/c1-6-7-3-5-10(13)12-9(7)4-2-8(6)11(14)15/h2,4H,3,5H2,1H3,(H,12,13)(H,14,15). The van der Waals surface area contributed by atoms with E-state index in [-0.39, 0.29) is 5.91 Å². The monoisotopic (exact) mass is 205 g/mol. The van der Waals surface area contributed by atoms with E-state index >= 15 is 0 Å². The summed E-state index contributed by atoms with van der Waals surface area (Å²) in [4.78, 5) is 22.0. The van der Waals surface area contributed by atoms with E-state index in [4.69, 9.17) is 5.11 Å². The van der Waals surface area contributed by atoms with Gasteiger partial charge in [-0.3, -0.25) is 4.79 Å². The van der Waals surface area contributed by atoms with Gasteiger partial charge in [0.05, 0.1) is 5.56 Å². The zero-order valence-corrected chi connectivity index (χ0v) is 8.33. The number of carboxylic acids is 1. The second kappa shape index (κ2) is 3.38. The maximum Gasteiger partial charge on any atom is 0.335 e. The maximum absolute atomic E-state index is 11.1. The molecule has 0 unspecified atom stereocenters. The molecule has 0 radical (unpaired) electrons. The first-order valence-corrected chi connectivity index (χ1v) is 4.75. The quantitative estimate of drug-likeness (QED) is 0.731. The topological polar surface area (TPSA) is 66.4 Å². The first-order chi connectivity index (χ1) is 7.09. The SMILES string of the molecule is Cc1c(C(=O)O)ccc2c1CCC(=O)N2. The predicted molar refractivity (Wildman–Crippen MR) is 55.1 cm³/mol. The van der Waals surface area contributed by atoms with Gasteiger partial charge in [0.1, 0.15) is 0 Å². The Hall–Kier alpha value is -1.84. The zero-order chi connectivity index (χ0) is 11.0. The van der Waals surface area contributed by atoms with E-state index in [1.807, 2.05) is 0 Å². The average molecular weight is 205 g/mol. The van der Waals surface area contributed by atoms with Crippen molar-refractivity contribution in [3.8, 4) is 0 Å². The fourth-order valence-corrected chi connectivity index (χ4v) is 1.88. The number of nitrogens with one attached hydrogen (secondary N) is 1. The Balaban J connectivity index is 2.53. The molecule has 1 aromatic rings. The molecule has 1 heterocycles. The first-order valence-electron chi connectivity index (χ1n) is 4.75. The molecule has 0 saturated heterocycles. The molecule has 2 rings (SSSR count). The minimum Gasteiger partial charge on any atom is -0.478 e. The van der Waals surface area contributed by atoms with E-state index < -0.39 is 5.97 Å². The molecule has 0 saturated carbocycles. The Morgan fingerprint density at radius 3 is 2.80 bits per heavy atom. The predicted octanol–water partition coefficient (Wildman–Crippen LogP) is 1.58. The lowest BCUT2D eigenvalue weighted by Crippen LogP contribution is -2.20. The highest BCUT2D eigenvalue weighted by Gasteiger charge is 2.19. The minimum absolute atomic E-state index is 0.00928. The Labute approximate surface area is 86.9 Å². The molecule has 78 valence electrons. The molecule has 1 aromatic carbocycles. The smallest absolute Gasteiger partial charge is 0.335 e. The largest absolute Gasteiger partial charge is 0.478 e. The lowest BCUT2D eigenvalue weighted by atomic mass is 9.94. The Morgan fingerprint density at radius 1 is 1.40 bits per heavy atom. The molecule has 0 bridgehead atoms. The Kier molecular flexibility index (Phi) is 2.19. The highest BCUT2D eigenvalue weighted by atomic mass is 16.4. The van der Waals surface area contributed by atoms with Crippen LogP contribution in [0.1, 0.15) is 27.9 Å². The minimum atomic E-state index is -0.924. The molecule has 1 aliphatic rings. The van der Waals surface area contributed by atoms with E-state index in [2.05, 4.69) is 5.32 Å². The molecule has 4 heteroatoms. The van der Waals surface area contributed by atoms with Crippen molar-refractivity contribution in [1.82, 2.24) is 0 Å². The lowest BCUT2D eigenvalue weighted by molar-refractivity contribution is -0.116. The summed E-state index contributed by atoms with van der Waals surface area (Å²) in [6, 6.07) is 3.19. The van der Waals surface area contributed by atoms with Crippen molar-refractivity contribution in [1.29, 1.82) is 0 Å². The highest BCUT2D eigenvalue weighted by molar-refractivity contribution is 5.96. The normalized spacial score (nSPS) is 14.3. The molecular weight excluding hydrogens is 194 g/mol. The second-order valence-corrected chi connectivity index (χ2v) is 3.62. The van der Waals surface area contributed by atoms with E-state index in [1.165, 1.54) is 6.07 Å². The summed E-state index contributed by atoms with van der Waals surface area (Å²) in [5.74, 6) is -0.933. The number of carbonyl (C=O) groups excluding carboxylic acids is 1. The molecule has 0 fully saturated rings. The van der Waals surface area contributed by atoms with Crippen molar-refractivity contribution < 1.29 is 14.7 Å². The Bertz CT molecular complexity index is 451. The highest BCUT2D eigenvalue weighted by Crippen LogP contribution is 2.27. The van der Waals surface area contributed by atoms with Gasteiger partial charge in [-0.1, -0.05) is 0 Å². The molecule has 15 heavy (non-hydrogen) atoms. The summed E-state index contributed by atoms with van der Waals surface area (Å²) in [6.45, 7) is 1.78. The van der Waals surface area contributed by atoms with Crippen molar-refractivity contribution in [2.75, 3.05) is 5.32 Å². The van der Waals surface area contributed by atoms with Crippen LogP contribution in [0.25, 0.3) is 0 Å². The van der Waals surface area contributed by atoms with Crippen molar-refractivity contribution >= 4 is 17.6 Å². The first kappa shape index (κ1) is 9.71. The van der Waals surface area contributed by atoms with Crippen molar-refractivity contribution in [3.05, 3.63) is 28.8 Å². The van der Waals surface area contributed by atoms with E-state index in [9.17, 15) is 9.59 Å². The van der Waals surface area contributed by atoms with Crippen LogP contribution in [0.4, 0.5) is 5.69 Å². The van der Waals surface area contributed by atoms with Gasteiger partial charge in [-0.25, -0.2) is 4.79 Å². The van der Waals surface area contributed by atoms with Gasteiger partial charge in [0.2, 0.25) is 5.91 Å². The molecule has 1 aliphatic heterocycles. The van der Waals surface area contributed by atoms with Crippen LogP contribution in [0.5, 0.6) is 0 Å². The lowest BCUT2D eigenvalue weighted by Gasteiger charge is -2.19. The van der Waals surface area contributed by atoms with Crippen LogP contribution in [0, 0.1) is 6.92 Å². The molecule has 0 aliphatic carbocycles. The van der Waals surface area contributed by atoms with Crippen LogP contribution in [0.2, 0.25) is 0 Å². The third kappa shape index (κ3) is 1.58. The van der Waals surface area contributed by atoms with E-state index in [1.54, 1.807) is 13.0 Å². The zero-order valence-electron chi connectivity index (χ0n) is 8.33. The van der Waals surface area contributed by atoms with Gasteiger partial charge in [0.25, 0.3) is 0 Å². The van der Waals surface area contributed by atoms with Crippen LogP contribution < -0.4 is 5.32 Å². The number of fused-ring (bicyclic) bond motifs is 1. The number of carboxylic acid groups (broad SMARTS) is 1. The maximum atomic E-state index is 11.1. The average Bonchev–Trinajstić information content (AvgIpc) is 2.17. The van der Waals surface area contributed by atoms with Gasteiger partial charge < -0.3 is 10.4 Å². The van der Waals surface area contributed by atoms with Crippen LogP contribution in [0.3, 0.4) is 0 Å². The fourth-order valence-electron chi connectivity index (χ4n) is 1.88. The Morgan fingerprint density at radius 2 is 2.13 bits per heavy atom. The molecule has 1 amide bonds. The number of rotatable bonds is 1. The number of hydrogen-bond acceptors (Lipinski definition) is 2. The molecule has 0 aromatic heterocycles. The molecular formula is C11H11NO3.